The van der Waals surface area contributed by atoms with E-state index in [9.17, 15) is 16.8 Å². The standard InChI is InChI=1S/C14H15NO5S2/c1-10-3-5-12(6-4-10)21(16,17)15-14-8-7-13(9-11(14)2)22(18,19)20/h3-9,15H,1-2H3,(H,18,19,20). The van der Waals surface area contributed by atoms with Crippen LogP contribution >= 0.6 is 0 Å². The molecule has 0 radical (unpaired) electrons. The van der Waals surface area contributed by atoms with Gasteiger partial charge in [-0.25, -0.2) is 8.42 Å². The topological polar surface area (TPSA) is 101 Å². The van der Waals surface area contributed by atoms with Gasteiger partial charge in [0, 0.05) is 0 Å². The molecule has 2 N–H and O–H groups in total. The summed E-state index contributed by atoms with van der Waals surface area (Å²) in [5.74, 6) is 0. The molecule has 0 unspecified atom stereocenters. The van der Waals surface area contributed by atoms with Gasteiger partial charge in [-0.3, -0.25) is 9.27 Å². The molecule has 0 aliphatic carbocycles. The van der Waals surface area contributed by atoms with Crippen molar-refractivity contribution < 1.29 is 21.4 Å². The summed E-state index contributed by atoms with van der Waals surface area (Å²) in [6.07, 6.45) is 0. The van der Waals surface area contributed by atoms with Crippen LogP contribution in [-0.4, -0.2) is 21.4 Å². The number of sulfonamides is 1. The van der Waals surface area contributed by atoms with Gasteiger partial charge in [0.05, 0.1) is 15.5 Å². The van der Waals surface area contributed by atoms with Gasteiger partial charge in [0.25, 0.3) is 20.1 Å². The Balaban J connectivity index is 2.36. The zero-order valence-electron chi connectivity index (χ0n) is 11.9. The molecule has 2 rings (SSSR count). The number of nitrogens with one attached hydrogen (secondary N) is 1. The second kappa shape index (κ2) is 5.71. The fraction of sp³-hybridized carbons (Fsp3) is 0.143. The van der Waals surface area contributed by atoms with Crippen LogP contribution in [0.5, 0.6) is 0 Å². The van der Waals surface area contributed by atoms with Crippen molar-refractivity contribution in [1.29, 1.82) is 0 Å². The molecular formula is C14H15NO5S2. The molecule has 0 aromatic heterocycles. The molecule has 0 saturated carbocycles. The zero-order chi connectivity index (χ0) is 16.5. The third-order valence-corrected chi connectivity index (χ3v) is 5.30. The van der Waals surface area contributed by atoms with Crippen molar-refractivity contribution in [2.45, 2.75) is 23.6 Å². The molecule has 0 bridgehead atoms. The Morgan fingerprint density at radius 2 is 1.41 bits per heavy atom. The summed E-state index contributed by atoms with van der Waals surface area (Å²) in [4.78, 5) is -0.181. The molecule has 0 fully saturated rings. The molecule has 2 aromatic carbocycles. The van der Waals surface area contributed by atoms with Crippen LogP contribution < -0.4 is 4.72 Å². The first-order valence-corrected chi connectivity index (χ1v) is 9.19. The fourth-order valence-electron chi connectivity index (χ4n) is 1.83. The Morgan fingerprint density at radius 1 is 0.864 bits per heavy atom. The van der Waals surface area contributed by atoms with Gasteiger partial charge in [0.1, 0.15) is 0 Å². The van der Waals surface area contributed by atoms with Crippen molar-refractivity contribution in [2.24, 2.45) is 0 Å². The molecule has 0 amide bonds. The van der Waals surface area contributed by atoms with Crippen LogP contribution in [0.1, 0.15) is 11.1 Å². The lowest BCUT2D eigenvalue weighted by molar-refractivity contribution is 0.483. The highest BCUT2D eigenvalue weighted by Crippen LogP contribution is 2.22. The third kappa shape index (κ3) is 3.65. The summed E-state index contributed by atoms with van der Waals surface area (Å²) in [5.41, 5.74) is 1.56. The van der Waals surface area contributed by atoms with Crippen molar-refractivity contribution in [1.82, 2.24) is 0 Å². The molecular weight excluding hydrogens is 326 g/mol. The van der Waals surface area contributed by atoms with E-state index < -0.39 is 20.1 Å². The maximum absolute atomic E-state index is 12.3. The highest BCUT2D eigenvalue weighted by atomic mass is 32.2. The van der Waals surface area contributed by atoms with E-state index in [1.807, 2.05) is 6.92 Å². The molecule has 0 aliphatic heterocycles. The van der Waals surface area contributed by atoms with Crippen LogP contribution in [0, 0.1) is 13.8 Å². The lowest BCUT2D eigenvalue weighted by atomic mass is 10.2. The van der Waals surface area contributed by atoms with Crippen LogP contribution in [0.3, 0.4) is 0 Å². The highest BCUT2D eigenvalue weighted by molar-refractivity contribution is 7.92. The average molecular weight is 341 g/mol. The Bertz CT molecular complexity index is 901. The summed E-state index contributed by atoms with van der Waals surface area (Å²) in [6, 6.07) is 9.96. The van der Waals surface area contributed by atoms with Gasteiger partial charge in [-0.1, -0.05) is 17.7 Å². The Kier molecular flexibility index (Phi) is 4.28. The minimum absolute atomic E-state index is 0.108. The number of hydrogen-bond donors (Lipinski definition) is 2. The van der Waals surface area contributed by atoms with Crippen LogP contribution in [0.4, 0.5) is 5.69 Å². The van der Waals surface area contributed by atoms with Crippen LogP contribution in [0.2, 0.25) is 0 Å². The number of benzene rings is 2. The van der Waals surface area contributed by atoms with Crippen LogP contribution in [0.25, 0.3) is 0 Å². The summed E-state index contributed by atoms with van der Waals surface area (Å²) in [5, 5.41) is 0. The first-order chi connectivity index (χ1) is 10.1. The molecule has 0 saturated heterocycles. The molecule has 8 heteroatoms. The predicted molar refractivity (Wildman–Crippen MR) is 83.0 cm³/mol. The summed E-state index contributed by atoms with van der Waals surface area (Å²) in [7, 11) is -8.08. The van der Waals surface area contributed by atoms with Crippen molar-refractivity contribution in [3.63, 3.8) is 0 Å². The lowest BCUT2D eigenvalue weighted by Crippen LogP contribution is -2.14. The molecule has 22 heavy (non-hydrogen) atoms. The molecule has 0 spiro atoms. The van der Waals surface area contributed by atoms with Crippen LogP contribution in [0.15, 0.2) is 52.3 Å². The normalized spacial score (nSPS) is 12.1. The van der Waals surface area contributed by atoms with Crippen molar-refractivity contribution in [3.8, 4) is 0 Å². The maximum atomic E-state index is 12.3. The van der Waals surface area contributed by atoms with Gasteiger partial charge in [0.2, 0.25) is 0 Å². The minimum atomic E-state index is -4.32. The quantitative estimate of drug-likeness (QED) is 0.831. The zero-order valence-corrected chi connectivity index (χ0v) is 13.6. The first kappa shape index (κ1) is 16.5. The number of aryl methyl sites for hydroxylation is 2. The Hall–Kier alpha value is -1.90. The van der Waals surface area contributed by atoms with Crippen molar-refractivity contribution in [3.05, 3.63) is 53.6 Å². The summed E-state index contributed by atoms with van der Waals surface area (Å²) < 4.78 is 58.0. The summed E-state index contributed by atoms with van der Waals surface area (Å²) in [6.45, 7) is 3.39. The van der Waals surface area contributed by atoms with Gasteiger partial charge in [-0.2, -0.15) is 8.42 Å². The van der Waals surface area contributed by atoms with E-state index in [1.54, 1.807) is 19.1 Å². The van der Waals surface area contributed by atoms with E-state index in [0.29, 0.717) is 5.56 Å². The van der Waals surface area contributed by atoms with Gasteiger partial charge >= 0.3 is 0 Å². The van der Waals surface area contributed by atoms with Gasteiger partial charge in [0.15, 0.2) is 0 Å². The maximum Gasteiger partial charge on any atom is 0.294 e. The summed E-state index contributed by atoms with van der Waals surface area (Å²) >= 11 is 0. The van der Waals surface area contributed by atoms with E-state index >= 15 is 0 Å². The lowest BCUT2D eigenvalue weighted by Gasteiger charge is -2.11. The van der Waals surface area contributed by atoms with E-state index in [0.717, 1.165) is 11.6 Å². The van der Waals surface area contributed by atoms with Gasteiger partial charge in [-0.15, -0.1) is 0 Å². The van der Waals surface area contributed by atoms with Gasteiger partial charge in [-0.05, 0) is 49.7 Å². The van der Waals surface area contributed by atoms with E-state index in [-0.39, 0.29) is 15.5 Å². The number of rotatable bonds is 4. The third-order valence-electron chi connectivity index (χ3n) is 3.07. The van der Waals surface area contributed by atoms with E-state index in [1.165, 1.54) is 24.3 Å². The largest absolute Gasteiger partial charge is 0.294 e. The van der Waals surface area contributed by atoms with Crippen molar-refractivity contribution in [2.75, 3.05) is 4.72 Å². The van der Waals surface area contributed by atoms with Crippen LogP contribution in [-0.2, 0) is 20.1 Å². The average Bonchev–Trinajstić information content (AvgIpc) is 2.40. The Labute approximate surface area is 129 Å². The molecule has 6 nitrogen and oxygen atoms in total. The highest BCUT2D eigenvalue weighted by Gasteiger charge is 2.17. The Morgan fingerprint density at radius 3 is 1.91 bits per heavy atom. The predicted octanol–water partition coefficient (Wildman–Crippen LogP) is 2.35. The first-order valence-electron chi connectivity index (χ1n) is 6.27. The smallest absolute Gasteiger partial charge is 0.282 e. The number of hydrogen-bond acceptors (Lipinski definition) is 4. The van der Waals surface area contributed by atoms with E-state index in [2.05, 4.69) is 4.72 Å². The SMILES string of the molecule is Cc1ccc(S(=O)(=O)Nc2ccc(S(=O)(=O)O)cc2C)cc1. The molecule has 0 aliphatic rings. The second-order valence-corrected chi connectivity index (χ2v) is 7.97. The van der Waals surface area contributed by atoms with E-state index in [4.69, 9.17) is 4.55 Å². The minimum Gasteiger partial charge on any atom is -0.282 e. The molecule has 2 aromatic rings. The molecule has 0 heterocycles. The number of anilines is 1. The molecule has 118 valence electrons. The van der Waals surface area contributed by atoms with Gasteiger partial charge < -0.3 is 0 Å². The van der Waals surface area contributed by atoms with Crippen molar-refractivity contribution >= 4 is 25.8 Å². The molecule has 0 atom stereocenters. The fourth-order valence-corrected chi connectivity index (χ4v) is 3.53. The monoisotopic (exact) mass is 341 g/mol. The second-order valence-electron chi connectivity index (χ2n) is 4.87.